The van der Waals surface area contributed by atoms with E-state index < -0.39 is 0 Å². The Kier molecular flexibility index (Phi) is 3.50. The predicted molar refractivity (Wildman–Crippen MR) is 91.8 cm³/mol. The number of aromatic nitrogens is 6. The number of nitrogen functional groups attached to an aromatic ring is 1. The van der Waals surface area contributed by atoms with Crippen molar-refractivity contribution in [1.82, 2.24) is 30.1 Å². The molecule has 2 N–H and O–H groups in total. The fourth-order valence-corrected chi connectivity index (χ4v) is 2.50. The molecule has 0 bridgehead atoms. The monoisotopic (exact) mass is 333 g/mol. The smallest absolute Gasteiger partial charge is 0.282 e. The zero-order valence-electron chi connectivity index (χ0n) is 13.7. The molecule has 0 spiro atoms. The first-order valence-corrected chi connectivity index (χ1v) is 7.67. The Hall–Kier alpha value is -3.55. The number of pyridine rings is 1. The number of anilines is 1. The van der Waals surface area contributed by atoms with Gasteiger partial charge in [0.1, 0.15) is 0 Å². The summed E-state index contributed by atoms with van der Waals surface area (Å²) in [5.74, 6) is 1.01. The minimum atomic E-state index is 0.223. The van der Waals surface area contributed by atoms with Gasteiger partial charge < -0.3 is 10.3 Å². The van der Waals surface area contributed by atoms with Gasteiger partial charge in [0.15, 0.2) is 11.5 Å². The van der Waals surface area contributed by atoms with Crippen molar-refractivity contribution in [2.45, 2.75) is 13.8 Å². The van der Waals surface area contributed by atoms with E-state index in [-0.39, 0.29) is 5.89 Å². The van der Waals surface area contributed by atoms with Gasteiger partial charge in [0.25, 0.3) is 5.89 Å². The van der Waals surface area contributed by atoms with Gasteiger partial charge in [-0.15, -0.1) is 5.10 Å². The second kappa shape index (κ2) is 5.82. The molecule has 0 aliphatic rings. The van der Waals surface area contributed by atoms with Crippen molar-refractivity contribution in [3.63, 3.8) is 0 Å². The molecule has 0 fully saturated rings. The maximum absolute atomic E-state index is 6.23. The molecular formula is C17H15N7O. The quantitative estimate of drug-likeness (QED) is 0.613. The molecule has 1 aromatic carbocycles. The molecule has 25 heavy (non-hydrogen) atoms. The first-order valence-electron chi connectivity index (χ1n) is 7.67. The molecule has 0 amide bonds. The van der Waals surface area contributed by atoms with Gasteiger partial charge in [-0.25, -0.2) is 0 Å². The summed E-state index contributed by atoms with van der Waals surface area (Å²) in [4.78, 5) is 8.33. The van der Waals surface area contributed by atoms with E-state index in [9.17, 15) is 0 Å². The average molecular weight is 333 g/mol. The summed E-state index contributed by atoms with van der Waals surface area (Å²) in [5.41, 5.74) is 10.4. The number of rotatable bonds is 3. The summed E-state index contributed by atoms with van der Waals surface area (Å²) in [5, 5.41) is 12.2. The molecule has 0 aliphatic carbocycles. The molecule has 124 valence electrons. The van der Waals surface area contributed by atoms with Crippen LogP contribution in [0.3, 0.4) is 0 Å². The Labute approximate surface area is 143 Å². The van der Waals surface area contributed by atoms with Gasteiger partial charge in [0, 0.05) is 18.0 Å². The molecule has 0 radical (unpaired) electrons. The Morgan fingerprint density at radius 2 is 1.88 bits per heavy atom. The molecule has 4 rings (SSSR count). The van der Waals surface area contributed by atoms with Gasteiger partial charge >= 0.3 is 0 Å². The van der Waals surface area contributed by atoms with E-state index in [4.69, 9.17) is 10.3 Å². The van der Waals surface area contributed by atoms with E-state index in [1.54, 1.807) is 29.2 Å². The van der Waals surface area contributed by atoms with Gasteiger partial charge in [-0.1, -0.05) is 22.5 Å². The molecule has 0 unspecified atom stereocenters. The lowest BCUT2D eigenvalue weighted by Crippen LogP contribution is -2.04. The van der Waals surface area contributed by atoms with Crippen LogP contribution < -0.4 is 5.73 Å². The van der Waals surface area contributed by atoms with Gasteiger partial charge in [0.2, 0.25) is 5.82 Å². The summed E-state index contributed by atoms with van der Waals surface area (Å²) in [6.07, 6.45) is 3.33. The number of aryl methyl sites for hydroxylation is 2. The first-order chi connectivity index (χ1) is 12.1. The summed E-state index contributed by atoms with van der Waals surface area (Å²) < 4.78 is 6.89. The normalized spacial score (nSPS) is 11.0. The van der Waals surface area contributed by atoms with Crippen LogP contribution in [-0.2, 0) is 0 Å². The van der Waals surface area contributed by atoms with E-state index in [0.717, 1.165) is 22.4 Å². The van der Waals surface area contributed by atoms with Crippen LogP contribution >= 0.6 is 0 Å². The van der Waals surface area contributed by atoms with Crippen LogP contribution in [0.15, 0.2) is 47.2 Å². The van der Waals surface area contributed by atoms with Crippen molar-refractivity contribution in [2.24, 2.45) is 0 Å². The third-order valence-corrected chi connectivity index (χ3v) is 3.86. The van der Waals surface area contributed by atoms with Crippen LogP contribution in [0, 0.1) is 13.8 Å². The van der Waals surface area contributed by atoms with Crippen molar-refractivity contribution < 1.29 is 4.52 Å². The number of nitrogens with two attached hydrogens (primary N) is 1. The lowest BCUT2D eigenvalue weighted by molar-refractivity contribution is 0.431. The molecule has 8 heteroatoms. The van der Waals surface area contributed by atoms with Crippen LogP contribution in [0.5, 0.6) is 0 Å². The molecule has 0 saturated carbocycles. The third-order valence-electron chi connectivity index (χ3n) is 3.86. The topological polar surface area (TPSA) is 109 Å². The van der Waals surface area contributed by atoms with Crippen LogP contribution in [0.1, 0.15) is 11.1 Å². The predicted octanol–water partition coefficient (Wildman–Crippen LogP) is 2.58. The van der Waals surface area contributed by atoms with Gasteiger partial charge in [-0.05, 0) is 43.2 Å². The summed E-state index contributed by atoms with van der Waals surface area (Å²) in [6.45, 7) is 4.00. The van der Waals surface area contributed by atoms with Crippen LogP contribution in [0.4, 0.5) is 5.82 Å². The standard InChI is InChI=1S/C17H15N7O/c1-10-3-4-11(2)13(9-10)24-15(18)14(21-23-24)17-20-16(22-25-17)12-5-7-19-8-6-12/h3-9H,18H2,1-2H3. The summed E-state index contributed by atoms with van der Waals surface area (Å²) >= 11 is 0. The maximum Gasteiger partial charge on any atom is 0.282 e. The Bertz CT molecular complexity index is 1040. The van der Waals surface area contributed by atoms with Crippen molar-refractivity contribution in [2.75, 3.05) is 5.73 Å². The summed E-state index contributed by atoms with van der Waals surface area (Å²) in [7, 11) is 0. The zero-order chi connectivity index (χ0) is 17.4. The van der Waals surface area contributed by atoms with E-state index in [0.29, 0.717) is 17.3 Å². The van der Waals surface area contributed by atoms with Crippen LogP contribution in [0.25, 0.3) is 28.7 Å². The second-order valence-corrected chi connectivity index (χ2v) is 5.68. The van der Waals surface area contributed by atoms with E-state index in [1.165, 1.54) is 0 Å². The fourth-order valence-electron chi connectivity index (χ4n) is 2.50. The molecule has 0 aliphatic heterocycles. The van der Waals surface area contributed by atoms with Crippen molar-refractivity contribution >= 4 is 5.82 Å². The first kappa shape index (κ1) is 15.0. The third kappa shape index (κ3) is 2.63. The maximum atomic E-state index is 6.23. The Morgan fingerprint density at radius 1 is 1.08 bits per heavy atom. The highest BCUT2D eigenvalue weighted by Crippen LogP contribution is 2.27. The van der Waals surface area contributed by atoms with Gasteiger partial charge in [-0.3, -0.25) is 4.98 Å². The van der Waals surface area contributed by atoms with Crippen LogP contribution in [0.2, 0.25) is 0 Å². The van der Waals surface area contributed by atoms with Gasteiger partial charge in [0.05, 0.1) is 5.69 Å². The number of hydrogen-bond acceptors (Lipinski definition) is 7. The largest absolute Gasteiger partial charge is 0.382 e. The highest BCUT2D eigenvalue weighted by Gasteiger charge is 2.20. The van der Waals surface area contributed by atoms with Crippen molar-refractivity contribution in [1.29, 1.82) is 0 Å². The molecule has 4 aromatic rings. The molecule has 3 aromatic heterocycles. The molecule has 0 atom stereocenters. The molecule has 8 nitrogen and oxygen atoms in total. The number of nitrogens with zero attached hydrogens (tertiary/aromatic N) is 6. The number of benzene rings is 1. The average Bonchev–Trinajstić information content (AvgIpc) is 3.25. The zero-order valence-corrected chi connectivity index (χ0v) is 13.7. The van der Waals surface area contributed by atoms with E-state index >= 15 is 0 Å². The van der Waals surface area contributed by atoms with E-state index in [2.05, 4.69) is 25.4 Å². The summed E-state index contributed by atoms with van der Waals surface area (Å²) in [6, 6.07) is 9.64. The van der Waals surface area contributed by atoms with E-state index in [1.807, 2.05) is 32.0 Å². The Morgan fingerprint density at radius 3 is 2.68 bits per heavy atom. The fraction of sp³-hybridized carbons (Fsp3) is 0.118. The highest BCUT2D eigenvalue weighted by molar-refractivity contribution is 5.66. The SMILES string of the molecule is Cc1ccc(C)c(-n2nnc(-c3nc(-c4ccncc4)no3)c2N)c1. The van der Waals surface area contributed by atoms with Crippen molar-refractivity contribution in [3.8, 4) is 28.7 Å². The lowest BCUT2D eigenvalue weighted by atomic mass is 10.1. The lowest BCUT2D eigenvalue weighted by Gasteiger charge is -2.07. The minimum absolute atomic E-state index is 0.223. The minimum Gasteiger partial charge on any atom is -0.382 e. The molecular weight excluding hydrogens is 318 g/mol. The van der Waals surface area contributed by atoms with Crippen molar-refractivity contribution in [3.05, 3.63) is 53.9 Å². The Balaban J connectivity index is 1.75. The molecule has 3 heterocycles. The van der Waals surface area contributed by atoms with Gasteiger partial charge in [-0.2, -0.15) is 9.67 Å². The highest BCUT2D eigenvalue weighted by atomic mass is 16.5. The number of hydrogen-bond donors (Lipinski definition) is 1. The molecule has 0 saturated heterocycles. The second-order valence-electron chi connectivity index (χ2n) is 5.68. The van der Waals surface area contributed by atoms with Crippen LogP contribution in [-0.4, -0.2) is 30.1 Å².